The molecule has 1 atom stereocenters. The Morgan fingerprint density at radius 1 is 1.03 bits per heavy atom. The number of alkyl halides is 3. The third-order valence-corrected chi connectivity index (χ3v) is 6.25. The summed E-state index contributed by atoms with van der Waals surface area (Å²) in [5, 5.41) is 3.03. The van der Waals surface area contributed by atoms with Gasteiger partial charge in [-0.15, -0.1) is 0 Å². The van der Waals surface area contributed by atoms with Crippen LogP contribution in [-0.2, 0) is 11.0 Å². The number of halogens is 3. The van der Waals surface area contributed by atoms with E-state index in [0.29, 0.717) is 68.3 Å². The molecule has 1 amide bonds. The molecule has 0 spiro atoms. The molecule has 1 saturated heterocycles. The van der Waals surface area contributed by atoms with E-state index < -0.39 is 11.7 Å². The lowest BCUT2D eigenvalue weighted by molar-refractivity contribution is -0.137. The summed E-state index contributed by atoms with van der Waals surface area (Å²) >= 11 is 0. The first-order chi connectivity index (χ1) is 15.9. The number of nitrogens with one attached hydrogen (secondary N) is 1. The van der Waals surface area contributed by atoms with Crippen LogP contribution in [0.25, 0.3) is 0 Å². The molecular formula is C23H25F3N4O3. The first kappa shape index (κ1) is 21.8. The van der Waals surface area contributed by atoms with Crippen LogP contribution in [0.5, 0.6) is 11.5 Å². The van der Waals surface area contributed by atoms with Crippen molar-refractivity contribution in [1.29, 1.82) is 0 Å². The molecule has 3 aliphatic rings. The topological polar surface area (TPSA) is 66.9 Å². The predicted molar refractivity (Wildman–Crippen MR) is 116 cm³/mol. The maximum atomic E-state index is 13.2. The number of aromatic nitrogens is 1. The standard InChI is InChI=1S/C23H25F3N4O3/c24-23(25,26)16-3-6-20(27-14-16)29-7-9-30(10-8-29)21(15-1-2-15)22(31)28-17-4-5-18-19(13-17)33-12-11-32-18/h3-6,13-15,21H,1-2,7-12H2,(H,28,31). The van der Waals surface area contributed by atoms with Gasteiger partial charge in [0.15, 0.2) is 11.5 Å². The van der Waals surface area contributed by atoms with Gasteiger partial charge in [0.1, 0.15) is 19.0 Å². The number of amides is 1. The van der Waals surface area contributed by atoms with Gasteiger partial charge in [0.05, 0.1) is 11.6 Å². The second kappa shape index (κ2) is 8.74. The number of pyridine rings is 1. The molecular weight excluding hydrogens is 437 g/mol. The highest BCUT2D eigenvalue weighted by Gasteiger charge is 2.41. The van der Waals surface area contributed by atoms with Crippen LogP contribution in [0.15, 0.2) is 36.5 Å². The van der Waals surface area contributed by atoms with Crippen LogP contribution >= 0.6 is 0 Å². The van der Waals surface area contributed by atoms with Gasteiger partial charge in [-0.1, -0.05) is 0 Å². The maximum absolute atomic E-state index is 13.2. The molecule has 10 heteroatoms. The van der Waals surface area contributed by atoms with Gasteiger partial charge >= 0.3 is 6.18 Å². The molecule has 1 N–H and O–H groups in total. The summed E-state index contributed by atoms with van der Waals surface area (Å²) in [6, 6.07) is 7.62. The molecule has 1 saturated carbocycles. The number of carbonyl (C=O) groups excluding carboxylic acids is 1. The van der Waals surface area contributed by atoms with Crippen LogP contribution in [0.3, 0.4) is 0 Å². The molecule has 2 aromatic rings. The zero-order valence-electron chi connectivity index (χ0n) is 18.0. The summed E-state index contributed by atoms with van der Waals surface area (Å²) in [4.78, 5) is 21.3. The molecule has 1 unspecified atom stereocenters. The second-order valence-electron chi connectivity index (χ2n) is 8.56. The van der Waals surface area contributed by atoms with E-state index in [9.17, 15) is 18.0 Å². The Balaban J connectivity index is 1.21. The van der Waals surface area contributed by atoms with Gasteiger partial charge in [-0.05, 0) is 43.0 Å². The van der Waals surface area contributed by atoms with Crippen LogP contribution in [0.1, 0.15) is 18.4 Å². The largest absolute Gasteiger partial charge is 0.486 e. The predicted octanol–water partition coefficient (Wildman–Crippen LogP) is 3.41. The van der Waals surface area contributed by atoms with Crippen LogP contribution in [-0.4, -0.2) is 61.2 Å². The minimum atomic E-state index is -4.40. The Kier molecular flexibility index (Phi) is 5.77. The minimum absolute atomic E-state index is 0.0460. The lowest BCUT2D eigenvalue weighted by Gasteiger charge is -2.39. The molecule has 2 aliphatic heterocycles. The van der Waals surface area contributed by atoms with E-state index >= 15 is 0 Å². The van der Waals surface area contributed by atoms with E-state index in [2.05, 4.69) is 15.2 Å². The van der Waals surface area contributed by atoms with Crippen molar-refractivity contribution in [3.63, 3.8) is 0 Å². The summed E-state index contributed by atoms with van der Waals surface area (Å²) in [6.45, 7) is 3.46. The summed E-state index contributed by atoms with van der Waals surface area (Å²) in [5.41, 5.74) is -0.0861. The van der Waals surface area contributed by atoms with Crippen molar-refractivity contribution < 1.29 is 27.4 Å². The lowest BCUT2D eigenvalue weighted by atomic mass is 10.1. The number of ether oxygens (including phenoxy) is 2. The van der Waals surface area contributed by atoms with Crippen molar-refractivity contribution in [3.8, 4) is 11.5 Å². The molecule has 0 radical (unpaired) electrons. The van der Waals surface area contributed by atoms with Crippen LogP contribution < -0.4 is 19.7 Å². The fourth-order valence-electron chi connectivity index (χ4n) is 4.40. The summed E-state index contributed by atoms with van der Waals surface area (Å²) < 4.78 is 49.5. The van der Waals surface area contributed by atoms with E-state index in [0.717, 1.165) is 25.1 Å². The number of hydrogen-bond donors (Lipinski definition) is 1. The summed E-state index contributed by atoms with van der Waals surface area (Å²) in [6.07, 6.45) is -1.50. The zero-order chi connectivity index (χ0) is 23.0. The minimum Gasteiger partial charge on any atom is -0.486 e. The van der Waals surface area contributed by atoms with E-state index in [1.807, 2.05) is 11.0 Å². The van der Waals surface area contributed by atoms with Crippen LogP contribution in [0, 0.1) is 5.92 Å². The van der Waals surface area contributed by atoms with Gasteiger partial charge in [-0.3, -0.25) is 9.69 Å². The molecule has 1 aromatic carbocycles. The van der Waals surface area contributed by atoms with E-state index in [4.69, 9.17) is 9.47 Å². The highest BCUT2D eigenvalue weighted by molar-refractivity contribution is 5.95. The van der Waals surface area contributed by atoms with Gasteiger partial charge in [-0.2, -0.15) is 13.2 Å². The molecule has 0 bridgehead atoms. The molecule has 2 fully saturated rings. The number of piperazine rings is 1. The first-order valence-electron chi connectivity index (χ1n) is 11.1. The Hall–Kier alpha value is -3.01. The molecule has 3 heterocycles. The second-order valence-corrected chi connectivity index (χ2v) is 8.56. The van der Waals surface area contributed by atoms with Gasteiger partial charge in [0.25, 0.3) is 0 Å². The highest BCUT2D eigenvalue weighted by atomic mass is 19.4. The summed E-state index contributed by atoms with van der Waals surface area (Å²) in [5.74, 6) is 2.09. The van der Waals surface area contributed by atoms with Crippen LogP contribution in [0.4, 0.5) is 24.7 Å². The summed E-state index contributed by atoms with van der Waals surface area (Å²) in [7, 11) is 0. The number of carbonyl (C=O) groups is 1. The number of rotatable bonds is 5. The number of hydrogen-bond acceptors (Lipinski definition) is 6. The van der Waals surface area contributed by atoms with Crippen molar-refractivity contribution in [3.05, 3.63) is 42.1 Å². The van der Waals surface area contributed by atoms with E-state index in [-0.39, 0.29) is 11.9 Å². The van der Waals surface area contributed by atoms with Crippen LogP contribution in [0.2, 0.25) is 0 Å². The van der Waals surface area contributed by atoms with E-state index in [1.54, 1.807) is 12.1 Å². The molecule has 1 aromatic heterocycles. The average Bonchev–Trinajstić information content (AvgIpc) is 3.64. The normalized spacial score (nSPS) is 19.8. The van der Waals surface area contributed by atoms with Crippen molar-refractivity contribution in [2.75, 3.05) is 49.6 Å². The fraction of sp³-hybridized carbons (Fsp3) is 0.478. The van der Waals surface area contributed by atoms with E-state index in [1.165, 1.54) is 6.07 Å². The van der Waals surface area contributed by atoms with Crippen molar-refractivity contribution >= 4 is 17.4 Å². The molecule has 33 heavy (non-hydrogen) atoms. The number of nitrogens with zero attached hydrogens (tertiary/aromatic N) is 3. The van der Waals surface area contributed by atoms with Gasteiger partial charge in [-0.25, -0.2) is 4.98 Å². The molecule has 176 valence electrons. The average molecular weight is 462 g/mol. The third-order valence-electron chi connectivity index (χ3n) is 6.25. The van der Waals surface area contributed by atoms with Gasteiger partial charge in [0, 0.05) is 44.1 Å². The third kappa shape index (κ3) is 4.85. The molecule has 1 aliphatic carbocycles. The Morgan fingerprint density at radius 3 is 2.39 bits per heavy atom. The van der Waals surface area contributed by atoms with Gasteiger partial charge < -0.3 is 19.7 Å². The number of benzene rings is 1. The molecule has 5 rings (SSSR count). The number of anilines is 2. The van der Waals surface area contributed by atoms with Crippen molar-refractivity contribution in [2.45, 2.75) is 25.1 Å². The number of fused-ring (bicyclic) bond motifs is 1. The Morgan fingerprint density at radius 2 is 1.76 bits per heavy atom. The quantitative estimate of drug-likeness (QED) is 0.735. The highest BCUT2D eigenvalue weighted by Crippen LogP contribution is 2.38. The Bertz CT molecular complexity index is 1000. The fourth-order valence-corrected chi connectivity index (χ4v) is 4.40. The monoisotopic (exact) mass is 462 g/mol. The SMILES string of the molecule is O=C(Nc1ccc2c(c1)OCCO2)C(C1CC1)N1CCN(c2ccc(C(F)(F)F)cn2)CC1. The van der Waals surface area contributed by atoms with Gasteiger partial charge in [0.2, 0.25) is 5.91 Å². The maximum Gasteiger partial charge on any atom is 0.417 e. The zero-order valence-corrected chi connectivity index (χ0v) is 18.0. The lowest BCUT2D eigenvalue weighted by Crippen LogP contribution is -2.54. The smallest absolute Gasteiger partial charge is 0.417 e. The van der Waals surface area contributed by atoms with Crippen molar-refractivity contribution in [1.82, 2.24) is 9.88 Å². The first-order valence-corrected chi connectivity index (χ1v) is 11.1. The van der Waals surface area contributed by atoms with Crippen molar-refractivity contribution in [2.24, 2.45) is 5.92 Å². The Labute approximate surface area is 189 Å². The molecule has 7 nitrogen and oxygen atoms in total.